The van der Waals surface area contributed by atoms with E-state index in [4.69, 9.17) is 10.5 Å². The molecule has 0 radical (unpaired) electrons. The smallest absolute Gasteiger partial charge is 0.226 e. The number of hydrogen-bond donors (Lipinski definition) is 1. The molecule has 0 amide bonds. The number of rotatable bonds is 5. The molecule has 0 atom stereocenters. The van der Waals surface area contributed by atoms with Crippen LogP contribution >= 0.6 is 0 Å². The van der Waals surface area contributed by atoms with Gasteiger partial charge in [0.1, 0.15) is 16.4 Å². The molecule has 2 aliphatic rings. The maximum Gasteiger partial charge on any atom is 0.226 e. The lowest BCUT2D eigenvalue weighted by molar-refractivity contribution is 0.122. The van der Waals surface area contributed by atoms with Gasteiger partial charge in [-0.3, -0.25) is 0 Å². The molecule has 10 heteroatoms. The lowest BCUT2D eigenvalue weighted by atomic mass is 10.1. The molecule has 150 valence electrons. The first-order valence-electron chi connectivity index (χ1n) is 9.22. The van der Waals surface area contributed by atoms with Crippen LogP contribution in [0.1, 0.15) is 25.5 Å². The zero-order chi connectivity index (χ0) is 19.9. The van der Waals surface area contributed by atoms with Gasteiger partial charge in [-0.1, -0.05) is 6.92 Å². The van der Waals surface area contributed by atoms with Gasteiger partial charge in [-0.2, -0.15) is 0 Å². The van der Waals surface area contributed by atoms with Crippen molar-refractivity contribution in [2.45, 2.75) is 24.5 Å². The van der Waals surface area contributed by atoms with Crippen molar-refractivity contribution < 1.29 is 17.5 Å². The summed E-state index contributed by atoms with van der Waals surface area (Å²) in [6.45, 7) is 3.85. The Morgan fingerprint density at radius 1 is 1.25 bits per heavy atom. The zero-order valence-electron chi connectivity index (χ0n) is 15.6. The highest BCUT2D eigenvalue weighted by molar-refractivity contribution is 7.92. The normalized spacial score (nSPS) is 18.9. The monoisotopic (exact) mass is 407 g/mol. The van der Waals surface area contributed by atoms with E-state index in [1.807, 2.05) is 4.90 Å². The summed E-state index contributed by atoms with van der Waals surface area (Å²) in [5, 5.41) is 0. The SMILES string of the molecule is CCS(=O)(=O)C1(c2cc(-c3cnc(N)cc3F)nc(N3CCOCC3)n2)CC1. The molecule has 1 saturated heterocycles. The number of nitrogen functional groups attached to an aromatic ring is 1. The van der Waals surface area contributed by atoms with E-state index in [0.717, 1.165) is 6.07 Å². The average Bonchev–Trinajstić information content (AvgIpc) is 3.51. The van der Waals surface area contributed by atoms with E-state index in [9.17, 15) is 12.8 Å². The van der Waals surface area contributed by atoms with Gasteiger partial charge in [0.15, 0.2) is 9.84 Å². The molecule has 1 aliphatic carbocycles. The Hall–Kier alpha value is -2.33. The van der Waals surface area contributed by atoms with E-state index in [1.54, 1.807) is 13.0 Å². The van der Waals surface area contributed by atoms with Crippen LogP contribution in [0.5, 0.6) is 0 Å². The number of ether oxygens (including phenoxy) is 1. The summed E-state index contributed by atoms with van der Waals surface area (Å²) in [5.41, 5.74) is 6.43. The van der Waals surface area contributed by atoms with Crippen LogP contribution in [0.15, 0.2) is 18.3 Å². The zero-order valence-corrected chi connectivity index (χ0v) is 16.4. The van der Waals surface area contributed by atoms with Crippen molar-refractivity contribution in [3.05, 3.63) is 29.8 Å². The van der Waals surface area contributed by atoms with Crippen LogP contribution in [-0.2, 0) is 19.3 Å². The standard InChI is InChI=1S/C18H22FN5O3S/c1-2-28(25,26)18(3-4-18)15-10-14(12-11-21-16(20)9-13(12)19)22-17(23-15)24-5-7-27-8-6-24/h9-11H,2-8H2,1H3,(H2,20,21). The van der Waals surface area contributed by atoms with Crippen LogP contribution in [0, 0.1) is 5.82 Å². The maximum atomic E-state index is 14.5. The van der Waals surface area contributed by atoms with Crippen molar-refractivity contribution in [1.29, 1.82) is 0 Å². The maximum absolute atomic E-state index is 14.5. The molecule has 2 N–H and O–H groups in total. The second kappa shape index (κ2) is 6.93. The predicted octanol–water partition coefficient (Wildman–Crippen LogP) is 1.52. The molecular formula is C18H22FN5O3S. The summed E-state index contributed by atoms with van der Waals surface area (Å²) in [5.74, 6) is -0.0918. The fraction of sp³-hybridized carbons (Fsp3) is 0.500. The second-order valence-corrected chi connectivity index (χ2v) is 9.61. The quantitative estimate of drug-likeness (QED) is 0.794. The molecule has 1 aliphatic heterocycles. The molecule has 28 heavy (non-hydrogen) atoms. The number of sulfone groups is 1. The summed E-state index contributed by atoms with van der Waals surface area (Å²) < 4.78 is 44.3. The van der Waals surface area contributed by atoms with E-state index in [1.165, 1.54) is 6.20 Å². The minimum atomic E-state index is -3.37. The molecule has 0 bridgehead atoms. The Morgan fingerprint density at radius 3 is 2.57 bits per heavy atom. The Kier molecular flexibility index (Phi) is 4.70. The van der Waals surface area contributed by atoms with Crippen molar-refractivity contribution in [3.8, 4) is 11.3 Å². The van der Waals surface area contributed by atoms with Gasteiger partial charge in [0.25, 0.3) is 0 Å². The predicted molar refractivity (Wildman–Crippen MR) is 103 cm³/mol. The van der Waals surface area contributed by atoms with E-state index in [-0.39, 0.29) is 17.1 Å². The highest BCUT2D eigenvalue weighted by Crippen LogP contribution is 2.53. The number of hydrogen-bond acceptors (Lipinski definition) is 8. The first-order valence-corrected chi connectivity index (χ1v) is 10.9. The Balaban J connectivity index is 1.87. The summed E-state index contributed by atoms with van der Waals surface area (Å²) in [6.07, 6.45) is 2.32. The highest BCUT2D eigenvalue weighted by Gasteiger charge is 2.56. The molecule has 2 aromatic heterocycles. The molecule has 0 spiro atoms. The molecule has 0 unspecified atom stereocenters. The van der Waals surface area contributed by atoms with Gasteiger partial charge in [0, 0.05) is 31.1 Å². The Morgan fingerprint density at radius 2 is 1.96 bits per heavy atom. The summed E-state index contributed by atoms with van der Waals surface area (Å²) >= 11 is 0. The molecule has 8 nitrogen and oxygen atoms in total. The van der Waals surface area contributed by atoms with Crippen molar-refractivity contribution in [1.82, 2.24) is 15.0 Å². The van der Waals surface area contributed by atoms with Crippen LogP contribution in [-0.4, -0.2) is 55.4 Å². The van der Waals surface area contributed by atoms with Gasteiger partial charge in [-0.25, -0.2) is 27.8 Å². The van der Waals surface area contributed by atoms with E-state index in [2.05, 4.69) is 15.0 Å². The first kappa shape index (κ1) is 19.0. The number of nitrogens with two attached hydrogens (primary N) is 1. The van der Waals surface area contributed by atoms with Crippen molar-refractivity contribution in [2.24, 2.45) is 0 Å². The second-order valence-electron chi connectivity index (χ2n) is 7.02. The highest BCUT2D eigenvalue weighted by atomic mass is 32.2. The third-order valence-corrected chi connectivity index (χ3v) is 7.87. The number of aromatic nitrogens is 3. The third kappa shape index (κ3) is 3.20. The van der Waals surface area contributed by atoms with Crippen LogP contribution in [0.3, 0.4) is 0 Å². The van der Waals surface area contributed by atoms with E-state index in [0.29, 0.717) is 56.5 Å². The van der Waals surface area contributed by atoms with E-state index >= 15 is 0 Å². The fourth-order valence-corrected chi connectivity index (χ4v) is 5.16. The van der Waals surface area contributed by atoms with Gasteiger partial charge in [-0.05, 0) is 18.9 Å². The molecule has 4 rings (SSSR count). The molecule has 2 fully saturated rings. The molecule has 0 aromatic carbocycles. The summed E-state index contributed by atoms with van der Waals surface area (Å²) in [6, 6.07) is 2.70. The minimum absolute atomic E-state index is 0.0248. The minimum Gasteiger partial charge on any atom is -0.384 e. The van der Waals surface area contributed by atoms with Crippen LogP contribution in [0.25, 0.3) is 11.3 Å². The first-order chi connectivity index (χ1) is 13.4. The Labute approximate surface area is 162 Å². The molecule has 2 aromatic rings. The van der Waals surface area contributed by atoms with E-state index < -0.39 is 20.4 Å². The van der Waals surface area contributed by atoms with Crippen LogP contribution in [0.2, 0.25) is 0 Å². The van der Waals surface area contributed by atoms with Crippen LogP contribution in [0.4, 0.5) is 16.2 Å². The lowest BCUT2D eigenvalue weighted by Crippen LogP contribution is -2.38. The number of anilines is 2. The number of halogens is 1. The largest absolute Gasteiger partial charge is 0.384 e. The fourth-order valence-electron chi connectivity index (χ4n) is 3.46. The number of pyridine rings is 1. The van der Waals surface area contributed by atoms with Crippen molar-refractivity contribution in [2.75, 3.05) is 42.7 Å². The van der Waals surface area contributed by atoms with Gasteiger partial charge in [0.05, 0.1) is 30.2 Å². The van der Waals surface area contributed by atoms with Crippen LogP contribution < -0.4 is 10.6 Å². The number of morpholine rings is 1. The topological polar surface area (TPSA) is 111 Å². The molecular weight excluding hydrogens is 385 g/mol. The average molecular weight is 407 g/mol. The van der Waals surface area contributed by atoms with Gasteiger partial charge < -0.3 is 15.4 Å². The van der Waals surface area contributed by atoms with Gasteiger partial charge in [0.2, 0.25) is 5.95 Å². The lowest BCUT2D eigenvalue weighted by Gasteiger charge is -2.28. The molecule has 1 saturated carbocycles. The number of nitrogens with zero attached hydrogens (tertiary/aromatic N) is 4. The van der Waals surface area contributed by atoms with Crippen molar-refractivity contribution >= 4 is 21.6 Å². The molecule has 3 heterocycles. The third-order valence-electron chi connectivity index (χ3n) is 5.31. The summed E-state index contributed by atoms with van der Waals surface area (Å²) in [7, 11) is -3.37. The van der Waals surface area contributed by atoms with Gasteiger partial charge >= 0.3 is 0 Å². The Bertz CT molecular complexity index is 1000. The van der Waals surface area contributed by atoms with Gasteiger partial charge in [-0.15, -0.1) is 0 Å². The summed E-state index contributed by atoms with van der Waals surface area (Å²) in [4.78, 5) is 15.0. The van der Waals surface area contributed by atoms with Crippen molar-refractivity contribution in [3.63, 3.8) is 0 Å².